The number of anilines is 1. The molecule has 1 N–H and O–H groups in total. The zero-order valence-corrected chi connectivity index (χ0v) is 14.2. The van der Waals surface area contributed by atoms with Crippen LogP contribution in [-0.2, 0) is 9.53 Å². The molecule has 0 spiro atoms. The van der Waals surface area contributed by atoms with Gasteiger partial charge < -0.3 is 14.8 Å². The molecular formula is C18H24N2O4. The molecule has 1 aromatic rings. The average Bonchev–Trinajstić information content (AvgIpc) is 2.60. The zero-order chi connectivity index (χ0) is 17.1. The largest absolute Gasteiger partial charge is 0.496 e. The highest BCUT2D eigenvalue weighted by Crippen LogP contribution is 2.34. The second-order valence-corrected chi connectivity index (χ2v) is 6.40. The van der Waals surface area contributed by atoms with E-state index >= 15 is 0 Å². The van der Waals surface area contributed by atoms with Crippen molar-refractivity contribution in [3.63, 3.8) is 0 Å². The highest BCUT2D eigenvalue weighted by atomic mass is 16.5. The van der Waals surface area contributed by atoms with Gasteiger partial charge in [0.2, 0.25) is 0 Å². The van der Waals surface area contributed by atoms with Crippen LogP contribution in [0.2, 0.25) is 0 Å². The summed E-state index contributed by atoms with van der Waals surface area (Å²) >= 11 is 0. The number of piperidine rings is 1. The minimum absolute atomic E-state index is 0.0733. The van der Waals surface area contributed by atoms with Gasteiger partial charge in [-0.15, -0.1) is 0 Å². The number of hydrogen-bond donors (Lipinski definition) is 1. The van der Waals surface area contributed by atoms with Gasteiger partial charge in [-0.2, -0.15) is 0 Å². The third kappa shape index (κ3) is 3.24. The van der Waals surface area contributed by atoms with E-state index in [-0.39, 0.29) is 23.7 Å². The molecule has 0 aliphatic carbocycles. The molecule has 2 heterocycles. The number of ketones is 1. The molecule has 130 valence electrons. The number of benzene rings is 1. The van der Waals surface area contributed by atoms with Gasteiger partial charge in [-0.3, -0.25) is 14.5 Å². The highest BCUT2D eigenvalue weighted by molar-refractivity contribution is 6.07. The molecule has 2 atom stereocenters. The Balaban J connectivity index is 1.88. The van der Waals surface area contributed by atoms with Gasteiger partial charge in [-0.1, -0.05) is 6.07 Å². The Hall–Kier alpha value is -2.08. The van der Waals surface area contributed by atoms with Gasteiger partial charge in [0, 0.05) is 25.2 Å². The van der Waals surface area contributed by atoms with E-state index in [4.69, 9.17) is 9.47 Å². The fourth-order valence-electron chi connectivity index (χ4n) is 3.74. The number of rotatable bonds is 3. The van der Waals surface area contributed by atoms with E-state index in [1.165, 1.54) is 7.11 Å². The number of nitrogens with one attached hydrogen (secondary N) is 1. The topological polar surface area (TPSA) is 67.9 Å². The van der Waals surface area contributed by atoms with Crippen molar-refractivity contribution >= 4 is 17.4 Å². The van der Waals surface area contributed by atoms with Crippen LogP contribution in [0.15, 0.2) is 18.2 Å². The molecule has 0 radical (unpaired) electrons. The maximum absolute atomic E-state index is 13.2. The number of Topliss-reactive ketones (excluding diaryl/α,β-unsaturated/α-hetero) is 1. The number of ether oxygens (including phenoxy) is 2. The fourth-order valence-corrected chi connectivity index (χ4v) is 3.74. The number of hydrogen-bond acceptors (Lipinski definition) is 6. The molecule has 1 unspecified atom stereocenters. The molecule has 0 saturated carbocycles. The van der Waals surface area contributed by atoms with E-state index < -0.39 is 0 Å². The van der Waals surface area contributed by atoms with Gasteiger partial charge in [-0.25, -0.2) is 0 Å². The first-order chi connectivity index (χ1) is 11.6. The summed E-state index contributed by atoms with van der Waals surface area (Å²) in [6.45, 7) is 2.42. The van der Waals surface area contributed by atoms with Crippen molar-refractivity contribution in [1.82, 2.24) is 4.90 Å². The smallest absolute Gasteiger partial charge is 0.305 e. The Morgan fingerprint density at radius 2 is 2.17 bits per heavy atom. The minimum atomic E-state index is -0.203. The Bertz CT molecular complexity index is 631. The van der Waals surface area contributed by atoms with Gasteiger partial charge in [0.15, 0.2) is 5.78 Å². The van der Waals surface area contributed by atoms with Crippen molar-refractivity contribution < 1.29 is 19.1 Å². The predicted octanol–water partition coefficient (Wildman–Crippen LogP) is 1.95. The van der Waals surface area contributed by atoms with Crippen LogP contribution in [0.4, 0.5) is 5.69 Å². The van der Waals surface area contributed by atoms with Crippen LogP contribution in [0.1, 0.15) is 29.6 Å². The van der Waals surface area contributed by atoms with E-state index in [0.717, 1.165) is 31.7 Å². The second-order valence-electron chi connectivity index (χ2n) is 6.40. The molecule has 2 aliphatic heterocycles. The summed E-state index contributed by atoms with van der Waals surface area (Å²) in [6.07, 6.45) is 1.98. The maximum atomic E-state index is 13.2. The molecule has 6 heteroatoms. The van der Waals surface area contributed by atoms with Crippen LogP contribution >= 0.6 is 0 Å². The lowest BCUT2D eigenvalue weighted by atomic mass is 9.84. The third-order valence-corrected chi connectivity index (χ3v) is 5.01. The molecular weight excluding hydrogens is 308 g/mol. The highest BCUT2D eigenvalue weighted by Gasteiger charge is 2.37. The summed E-state index contributed by atoms with van der Waals surface area (Å²) in [5.74, 6) is 0.658. The molecule has 2 aliphatic rings. The van der Waals surface area contributed by atoms with Crippen LogP contribution in [0.25, 0.3) is 0 Å². The fraction of sp³-hybridized carbons (Fsp3) is 0.556. The summed E-state index contributed by atoms with van der Waals surface area (Å²) < 4.78 is 10.2. The van der Waals surface area contributed by atoms with Crippen LogP contribution in [-0.4, -0.2) is 56.5 Å². The van der Waals surface area contributed by atoms with Gasteiger partial charge in [-0.05, 0) is 37.4 Å². The standard InChI is InChI=1S/C18H24N2O4/c1-23-15-5-3-4-13-17(15)18(22)14-10-12(11-16(21)24-2)6-8-20(14)9-7-19-13/h3-5,12,14,19H,6-11H2,1-2H3/t12-,14?/m1/s1. The molecule has 0 bridgehead atoms. The average molecular weight is 332 g/mol. The second kappa shape index (κ2) is 7.21. The van der Waals surface area contributed by atoms with E-state index in [9.17, 15) is 9.59 Å². The van der Waals surface area contributed by atoms with Crippen molar-refractivity contribution in [1.29, 1.82) is 0 Å². The summed E-state index contributed by atoms with van der Waals surface area (Å²) in [7, 11) is 2.99. The van der Waals surface area contributed by atoms with Gasteiger partial charge in [0.1, 0.15) is 5.75 Å². The Morgan fingerprint density at radius 3 is 2.92 bits per heavy atom. The molecule has 0 amide bonds. The lowest BCUT2D eigenvalue weighted by Crippen LogP contribution is -2.50. The van der Waals surface area contributed by atoms with Gasteiger partial charge in [0.05, 0.1) is 25.8 Å². The Kier molecular flexibility index (Phi) is 5.04. The van der Waals surface area contributed by atoms with Crippen molar-refractivity contribution in [2.75, 3.05) is 39.2 Å². The SMILES string of the molecule is COC(=O)C[C@@H]1CCN2CCNc3cccc(OC)c3C(=O)C2C1. The molecule has 0 aromatic heterocycles. The van der Waals surface area contributed by atoms with Crippen molar-refractivity contribution in [2.45, 2.75) is 25.3 Å². The normalized spacial score (nSPS) is 24.0. The van der Waals surface area contributed by atoms with Crippen LogP contribution in [0.5, 0.6) is 5.75 Å². The summed E-state index contributed by atoms with van der Waals surface area (Å²) in [5, 5.41) is 3.34. The predicted molar refractivity (Wildman–Crippen MR) is 90.5 cm³/mol. The number of carbonyl (C=O) groups is 2. The third-order valence-electron chi connectivity index (χ3n) is 5.01. The van der Waals surface area contributed by atoms with Crippen molar-refractivity contribution in [2.24, 2.45) is 5.92 Å². The molecule has 1 fully saturated rings. The van der Waals surface area contributed by atoms with E-state index in [1.54, 1.807) is 7.11 Å². The quantitative estimate of drug-likeness (QED) is 0.854. The zero-order valence-electron chi connectivity index (χ0n) is 14.2. The van der Waals surface area contributed by atoms with Crippen LogP contribution in [0, 0.1) is 5.92 Å². The molecule has 1 saturated heterocycles. The summed E-state index contributed by atoms with van der Waals surface area (Å²) in [6, 6.07) is 5.42. The molecule has 6 nitrogen and oxygen atoms in total. The number of fused-ring (bicyclic) bond motifs is 2. The number of esters is 1. The van der Waals surface area contributed by atoms with Crippen LogP contribution in [0.3, 0.4) is 0 Å². The van der Waals surface area contributed by atoms with Crippen molar-refractivity contribution in [3.8, 4) is 5.75 Å². The van der Waals surface area contributed by atoms with E-state index in [1.807, 2.05) is 18.2 Å². The number of methoxy groups -OCH3 is 2. The molecule has 24 heavy (non-hydrogen) atoms. The summed E-state index contributed by atoms with van der Waals surface area (Å²) in [5.41, 5.74) is 1.45. The first-order valence-corrected chi connectivity index (χ1v) is 8.40. The van der Waals surface area contributed by atoms with Gasteiger partial charge >= 0.3 is 5.97 Å². The summed E-state index contributed by atoms with van der Waals surface area (Å²) in [4.78, 5) is 27.0. The Labute approximate surface area is 142 Å². The first-order valence-electron chi connectivity index (χ1n) is 8.40. The van der Waals surface area contributed by atoms with Gasteiger partial charge in [0.25, 0.3) is 0 Å². The lowest BCUT2D eigenvalue weighted by molar-refractivity contribution is -0.142. The molecule has 1 aromatic carbocycles. The van der Waals surface area contributed by atoms with E-state index in [2.05, 4.69) is 10.2 Å². The Morgan fingerprint density at radius 1 is 1.33 bits per heavy atom. The number of carbonyl (C=O) groups excluding carboxylic acids is 2. The lowest BCUT2D eigenvalue weighted by Gasteiger charge is -2.40. The number of nitrogens with zero attached hydrogens (tertiary/aromatic N) is 1. The van der Waals surface area contributed by atoms with E-state index in [0.29, 0.717) is 24.2 Å². The van der Waals surface area contributed by atoms with Crippen molar-refractivity contribution in [3.05, 3.63) is 23.8 Å². The first kappa shape index (κ1) is 16.8. The maximum Gasteiger partial charge on any atom is 0.305 e. The minimum Gasteiger partial charge on any atom is -0.496 e. The monoisotopic (exact) mass is 332 g/mol. The van der Waals surface area contributed by atoms with Crippen LogP contribution < -0.4 is 10.1 Å². The molecule has 3 rings (SSSR count).